The molecule has 3 aromatic rings. The molecule has 2 N–H and O–H groups in total. The summed E-state index contributed by atoms with van der Waals surface area (Å²) in [5.41, 5.74) is 0.189. The summed E-state index contributed by atoms with van der Waals surface area (Å²) in [6, 6.07) is 14.3. The van der Waals surface area contributed by atoms with Crippen LogP contribution in [0.4, 0.5) is 5.82 Å². The Labute approximate surface area is 154 Å². The van der Waals surface area contributed by atoms with E-state index in [2.05, 4.69) is 14.9 Å². The molecule has 1 saturated heterocycles. The fourth-order valence-corrected chi connectivity index (χ4v) is 3.18. The van der Waals surface area contributed by atoms with Crippen molar-refractivity contribution in [2.24, 2.45) is 0 Å². The molecule has 0 unspecified atom stereocenters. The summed E-state index contributed by atoms with van der Waals surface area (Å²) < 4.78 is 6.68. The second-order valence-corrected chi connectivity index (χ2v) is 6.11. The molecule has 0 spiro atoms. The number of nitrogens with one attached hydrogen (secondary N) is 1. The highest BCUT2D eigenvalue weighted by atomic mass is 16.5. The third kappa shape index (κ3) is 3.22. The van der Waals surface area contributed by atoms with E-state index in [4.69, 9.17) is 4.74 Å². The number of morpholine rings is 1. The van der Waals surface area contributed by atoms with E-state index < -0.39 is 11.7 Å². The van der Waals surface area contributed by atoms with Gasteiger partial charge in [0.1, 0.15) is 11.6 Å². The first kappa shape index (κ1) is 17.0. The number of pyridine rings is 1. The van der Waals surface area contributed by atoms with Gasteiger partial charge < -0.3 is 14.7 Å². The van der Waals surface area contributed by atoms with Gasteiger partial charge in [0.25, 0.3) is 0 Å². The van der Waals surface area contributed by atoms with Crippen LogP contribution in [0.25, 0.3) is 17.1 Å². The van der Waals surface area contributed by atoms with Gasteiger partial charge in [-0.05, 0) is 12.1 Å². The molecule has 1 aromatic carbocycles. The number of H-pyrrole nitrogens is 1. The molecule has 0 saturated carbocycles. The van der Waals surface area contributed by atoms with Gasteiger partial charge in [-0.15, -0.1) is 0 Å². The van der Waals surface area contributed by atoms with E-state index >= 15 is 0 Å². The number of carbonyl (C=O) groups is 1. The lowest BCUT2D eigenvalue weighted by Crippen LogP contribution is -2.36. The average molecular weight is 366 g/mol. The first-order chi connectivity index (χ1) is 13.1. The Morgan fingerprint density at radius 1 is 1.04 bits per heavy atom. The Morgan fingerprint density at radius 3 is 2.44 bits per heavy atom. The normalized spacial score (nSPS) is 14.3. The van der Waals surface area contributed by atoms with Crippen LogP contribution >= 0.6 is 0 Å². The zero-order valence-corrected chi connectivity index (χ0v) is 14.5. The number of aromatic carboxylic acids is 1. The smallest absolute Gasteiger partial charge is 0.354 e. The minimum atomic E-state index is -1.20. The van der Waals surface area contributed by atoms with Crippen LogP contribution in [0.15, 0.2) is 53.3 Å². The van der Waals surface area contributed by atoms with Gasteiger partial charge in [0.05, 0.1) is 18.9 Å². The maximum absolute atomic E-state index is 12.6. The summed E-state index contributed by atoms with van der Waals surface area (Å²) in [6.45, 7) is 2.66. The Hall–Kier alpha value is -3.39. The number of anilines is 1. The Bertz CT molecular complexity index is 1020. The number of rotatable bonds is 4. The van der Waals surface area contributed by atoms with Crippen molar-refractivity contribution < 1.29 is 14.6 Å². The van der Waals surface area contributed by atoms with Crippen LogP contribution in [-0.4, -0.2) is 51.9 Å². The molecule has 1 aliphatic heterocycles. The molecule has 3 heterocycles. The van der Waals surface area contributed by atoms with Crippen molar-refractivity contribution in [1.29, 1.82) is 0 Å². The summed E-state index contributed by atoms with van der Waals surface area (Å²) >= 11 is 0. The van der Waals surface area contributed by atoms with Gasteiger partial charge in [0, 0.05) is 18.7 Å². The lowest BCUT2D eigenvalue weighted by atomic mass is 10.1. The first-order valence-electron chi connectivity index (χ1n) is 8.59. The van der Waals surface area contributed by atoms with E-state index in [-0.39, 0.29) is 11.4 Å². The number of carboxylic acids is 1. The van der Waals surface area contributed by atoms with E-state index in [1.165, 1.54) is 4.57 Å². The largest absolute Gasteiger partial charge is 0.477 e. The number of imidazole rings is 1. The minimum absolute atomic E-state index is 0.162. The second-order valence-electron chi connectivity index (χ2n) is 6.11. The standard InChI is InChI=1S/C19H18N4O4/c24-18(25)16-17(13-5-2-1-3-6-13)23(19(26)21-16)15-8-4-7-14(20-15)22-9-11-27-12-10-22/h1-8H,9-12H2,(H,21,26)(H,24,25). The molecule has 0 bridgehead atoms. The summed E-state index contributed by atoms with van der Waals surface area (Å²) in [5, 5.41) is 9.54. The Morgan fingerprint density at radius 2 is 1.74 bits per heavy atom. The summed E-state index contributed by atoms with van der Waals surface area (Å²) in [7, 11) is 0. The van der Waals surface area contributed by atoms with Gasteiger partial charge in [-0.25, -0.2) is 19.1 Å². The molecule has 0 amide bonds. The number of carboxylic acid groups (broad SMARTS) is 1. The van der Waals surface area contributed by atoms with Crippen molar-refractivity contribution in [1.82, 2.24) is 14.5 Å². The summed E-state index contributed by atoms with van der Waals surface area (Å²) in [4.78, 5) is 33.4. The van der Waals surface area contributed by atoms with Crippen molar-refractivity contribution >= 4 is 11.8 Å². The maximum atomic E-state index is 12.6. The van der Waals surface area contributed by atoms with Gasteiger partial charge in [-0.2, -0.15) is 0 Å². The molecule has 4 rings (SSSR count). The average Bonchev–Trinajstić information content (AvgIpc) is 3.07. The second kappa shape index (κ2) is 7.08. The highest BCUT2D eigenvalue weighted by Gasteiger charge is 2.23. The van der Waals surface area contributed by atoms with Crippen LogP contribution in [0.1, 0.15) is 10.5 Å². The van der Waals surface area contributed by atoms with Crippen LogP contribution in [0.5, 0.6) is 0 Å². The number of benzene rings is 1. The molecular formula is C19H18N4O4. The predicted molar refractivity (Wildman–Crippen MR) is 99.6 cm³/mol. The van der Waals surface area contributed by atoms with E-state index in [0.717, 1.165) is 5.82 Å². The van der Waals surface area contributed by atoms with Gasteiger partial charge in [0.15, 0.2) is 5.69 Å². The molecule has 0 aliphatic carbocycles. The highest BCUT2D eigenvalue weighted by molar-refractivity contribution is 5.93. The fourth-order valence-electron chi connectivity index (χ4n) is 3.18. The van der Waals surface area contributed by atoms with Crippen LogP contribution in [0.3, 0.4) is 0 Å². The minimum Gasteiger partial charge on any atom is -0.477 e. The number of aromatic nitrogens is 3. The maximum Gasteiger partial charge on any atom is 0.354 e. The van der Waals surface area contributed by atoms with E-state index in [9.17, 15) is 14.7 Å². The third-order valence-electron chi connectivity index (χ3n) is 4.44. The zero-order chi connectivity index (χ0) is 18.8. The summed E-state index contributed by atoms with van der Waals surface area (Å²) in [5.74, 6) is -0.111. The van der Waals surface area contributed by atoms with Crippen LogP contribution in [0.2, 0.25) is 0 Å². The molecule has 8 nitrogen and oxygen atoms in total. The van der Waals surface area contributed by atoms with Gasteiger partial charge >= 0.3 is 11.7 Å². The van der Waals surface area contributed by atoms with Crippen molar-refractivity contribution in [3.63, 3.8) is 0 Å². The summed E-state index contributed by atoms with van der Waals surface area (Å²) in [6.07, 6.45) is 0. The molecule has 8 heteroatoms. The van der Waals surface area contributed by atoms with Crippen molar-refractivity contribution in [2.75, 3.05) is 31.2 Å². The quantitative estimate of drug-likeness (QED) is 0.730. The molecule has 0 atom stereocenters. The molecular weight excluding hydrogens is 348 g/mol. The number of ether oxygens (including phenoxy) is 1. The lowest BCUT2D eigenvalue weighted by molar-refractivity contribution is 0.0692. The highest BCUT2D eigenvalue weighted by Crippen LogP contribution is 2.25. The Kier molecular flexibility index (Phi) is 4.47. The van der Waals surface area contributed by atoms with Crippen molar-refractivity contribution in [2.45, 2.75) is 0 Å². The molecule has 27 heavy (non-hydrogen) atoms. The zero-order valence-electron chi connectivity index (χ0n) is 14.5. The lowest BCUT2D eigenvalue weighted by Gasteiger charge is -2.28. The van der Waals surface area contributed by atoms with E-state index in [1.54, 1.807) is 30.3 Å². The number of hydrogen-bond donors (Lipinski definition) is 2. The fraction of sp³-hybridized carbons (Fsp3) is 0.211. The molecule has 2 aromatic heterocycles. The number of hydrogen-bond acceptors (Lipinski definition) is 5. The van der Waals surface area contributed by atoms with E-state index in [0.29, 0.717) is 37.7 Å². The van der Waals surface area contributed by atoms with Crippen molar-refractivity contribution in [3.05, 3.63) is 64.7 Å². The molecule has 138 valence electrons. The van der Waals surface area contributed by atoms with Gasteiger partial charge in [-0.1, -0.05) is 36.4 Å². The molecule has 1 aliphatic rings. The Balaban J connectivity index is 1.87. The first-order valence-corrected chi connectivity index (χ1v) is 8.59. The number of nitrogens with zero attached hydrogens (tertiary/aromatic N) is 3. The molecule has 0 radical (unpaired) electrons. The SMILES string of the molecule is O=C(O)c1[nH]c(=O)n(-c2cccc(N3CCOCC3)n2)c1-c1ccccc1. The topological polar surface area (TPSA) is 100 Å². The third-order valence-corrected chi connectivity index (χ3v) is 4.44. The van der Waals surface area contributed by atoms with E-state index in [1.807, 2.05) is 18.2 Å². The monoisotopic (exact) mass is 366 g/mol. The van der Waals surface area contributed by atoms with Crippen LogP contribution in [-0.2, 0) is 4.74 Å². The number of aromatic amines is 1. The predicted octanol–water partition coefficient (Wildman–Crippen LogP) is 1.76. The van der Waals surface area contributed by atoms with Crippen LogP contribution < -0.4 is 10.6 Å². The van der Waals surface area contributed by atoms with Crippen LogP contribution in [0, 0.1) is 0 Å². The molecule has 1 fully saturated rings. The van der Waals surface area contributed by atoms with Crippen molar-refractivity contribution in [3.8, 4) is 17.1 Å². The van der Waals surface area contributed by atoms with Gasteiger partial charge in [0.2, 0.25) is 0 Å². The van der Waals surface area contributed by atoms with Gasteiger partial charge in [-0.3, -0.25) is 4.98 Å².